The van der Waals surface area contributed by atoms with E-state index in [0.717, 1.165) is 4.90 Å². The molecule has 180 valence electrons. The Hall–Kier alpha value is -3.22. The molecule has 1 aliphatic heterocycles. The van der Waals surface area contributed by atoms with Crippen molar-refractivity contribution in [2.75, 3.05) is 6.54 Å². The molecule has 1 fully saturated rings. The molecule has 32 heavy (non-hydrogen) atoms. The van der Waals surface area contributed by atoms with Gasteiger partial charge in [0.05, 0.1) is 12.5 Å². The molecule has 0 saturated carbocycles. The van der Waals surface area contributed by atoms with E-state index in [9.17, 15) is 33.9 Å². The van der Waals surface area contributed by atoms with Crippen LogP contribution in [0.2, 0.25) is 0 Å². The van der Waals surface area contributed by atoms with Gasteiger partial charge in [0.25, 0.3) is 0 Å². The number of rotatable bonds is 12. The first-order valence-electron chi connectivity index (χ1n) is 10.2. The van der Waals surface area contributed by atoms with E-state index < -0.39 is 72.6 Å². The number of carbonyl (C=O) groups excluding carboxylic acids is 4. The first-order chi connectivity index (χ1) is 14.8. The zero-order chi connectivity index (χ0) is 24.6. The minimum Gasteiger partial charge on any atom is -0.481 e. The van der Waals surface area contributed by atoms with E-state index in [0.29, 0.717) is 6.42 Å². The minimum absolute atomic E-state index is 0.144. The summed E-state index contributed by atoms with van der Waals surface area (Å²) in [5, 5.41) is 22.6. The number of primary amides is 1. The quantitative estimate of drug-likeness (QED) is 0.186. The van der Waals surface area contributed by atoms with Crippen molar-refractivity contribution in [3.63, 3.8) is 0 Å². The number of carbonyl (C=O) groups is 6. The molecule has 1 rings (SSSR count). The number of hydrogen-bond donors (Lipinski definition) is 6. The van der Waals surface area contributed by atoms with Crippen LogP contribution in [0.4, 0.5) is 0 Å². The highest BCUT2D eigenvalue weighted by atomic mass is 16.4. The highest BCUT2D eigenvalue weighted by molar-refractivity contribution is 5.96. The molecule has 0 aromatic carbocycles. The number of carboxylic acids is 2. The first kappa shape index (κ1) is 26.8. The maximum atomic E-state index is 13.0. The average molecular weight is 457 g/mol. The molecule has 1 aliphatic rings. The van der Waals surface area contributed by atoms with E-state index in [1.54, 1.807) is 13.8 Å². The number of likely N-dealkylation sites (tertiary alicyclic amines) is 1. The molecular weight excluding hydrogens is 426 g/mol. The lowest BCUT2D eigenvalue weighted by Gasteiger charge is -2.29. The molecule has 4 amide bonds. The summed E-state index contributed by atoms with van der Waals surface area (Å²) in [7, 11) is 0. The Morgan fingerprint density at radius 1 is 1.06 bits per heavy atom. The van der Waals surface area contributed by atoms with Gasteiger partial charge in [-0.15, -0.1) is 0 Å². The standard InChI is InChI=1S/C19H31N5O8/c1-9(2)15(21)17(29)23-11(8-13(20)25)18(30)24-7-3-4-12(24)16(28)22-10(19(31)32)5-6-14(26)27/h9-12,15H,3-8,21H2,1-2H3,(H2,20,25)(H,22,28)(H,23,29)(H,26,27)(H,31,32). The molecule has 0 radical (unpaired) electrons. The average Bonchev–Trinajstić information content (AvgIpc) is 3.18. The Kier molecular flexibility index (Phi) is 10.0. The van der Waals surface area contributed by atoms with Gasteiger partial charge in [0.2, 0.25) is 23.6 Å². The number of hydrogen-bond acceptors (Lipinski definition) is 7. The summed E-state index contributed by atoms with van der Waals surface area (Å²) >= 11 is 0. The third-order valence-corrected chi connectivity index (χ3v) is 5.14. The van der Waals surface area contributed by atoms with Gasteiger partial charge >= 0.3 is 11.9 Å². The van der Waals surface area contributed by atoms with Crippen LogP contribution in [0, 0.1) is 5.92 Å². The second-order valence-electron chi connectivity index (χ2n) is 8.02. The summed E-state index contributed by atoms with van der Waals surface area (Å²) in [6, 6.07) is -4.75. The molecule has 0 aromatic heterocycles. The maximum absolute atomic E-state index is 13.0. The van der Waals surface area contributed by atoms with Crippen molar-refractivity contribution in [1.29, 1.82) is 0 Å². The van der Waals surface area contributed by atoms with Crippen molar-refractivity contribution in [1.82, 2.24) is 15.5 Å². The van der Waals surface area contributed by atoms with Crippen LogP contribution in [0.3, 0.4) is 0 Å². The highest BCUT2D eigenvalue weighted by Crippen LogP contribution is 2.20. The smallest absolute Gasteiger partial charge is 0.326 e. The number of amides is 4. The molecule has 8 N–H and O–H groups in total. The summed E-state index contributed by atoms with van der Waals surface area (Å²) < 4.78 is 0. The SMILES string of the molecule is CC(C)C(N)C(=O)NC(CC(N)=O)C(=O)N1CCCC1C(=O)NC(CCC(=O)O)C(=O)O. The molecule has 0 aliphatic carbocycles. The van der Waals surface area contributed by atoms with Crippen molar-refractivity contribution >= 4 is 35.6 Å². The van der Waals surface area contributed by atoms with E-state index in [-0.39, 0.29) is 25.3 Å². The second-order valence-corrected chi connectivity index (χ2v) is 8.02. The van der Waals surface area contributed by atoms with Gasteiger partial charge < -0.3 is 37.2 Å². The fourth-order valence-electron chi connectivity index (χ4n) is 3.27. The van der Waals surface area contributed by atoms with Gasteiger partial charge in [-0.25, -0.2) is 4.79 Å². The van der Waals surface area contributed by atoms with Crippen molar-refractivity contribution < 1.29 is 39.0 Å². The third-order valence-electron chi connectivity index (χ3n) is 5.14. The van der Waals surface area contributed by atoms with Crippen LogP contribution >= 0.6 is 0 Å². The van der Waals surface area contributed by atoms with Crippen molar-refractivity contribution in [3.8, 4) is 0 Å². The van der Waals surface area contributed by atoms with Crippen LogP contribution in [0.5, 0.6) is 0 Å². The van der Waals surface area contributed by atoms with Gasteiger partial charge in [-0.1, -0.05) is 13.8 Å². The Morgan fingerprint density at radius 2 is 1.69 bits per heavy atom. The van der Waals surface area contributed by atoms with Crippen LogP contribution in [0.25, 0.3) is 0 Å². The lowest BCUT2D eigenvalue weighted by molar-refractivity contribution is -0.146. The van der Waals surface area contributed by atoms with E-state index in [1.165, 1.54) is 0 Å². The summed E-state index contributed by atoms with van der Waals surface area (Å²) in [5.41, 5.74) is 11.0. The Morgan fingerprint density at radius 3 is 2.19 bits per heavy atom. The lowest BCUT2D eigenvalue weighted by atomic mass is 10.0. The molecule has 4 atom stereocenters. The number of nitrogens with zero attached hydrogens (tertiary/aromatic N) is 1. The molecule has 1 heterocycles. The number of carboxylic acid groups (broad SMARTS) is 2. The topological polar surface area (TPSA) is 222 Å². The summed E-state index contributed by atoms with van der Waals surface area (Å²) in [6.45, 7) is 3.56. The Labute approximate surface area is 184 Å². The molecular formula is C19H31N5O8. The highest BCUT2D eigenvalue weighted by Gasteiger charge is 2.39. The number of nitrogens with one attached hydrogen (secondary N) is 2. The van der Waals surface area contributed by atoms with E-state index in [2.05, 4.69) is 10.6 Å². The zero-order valence-corrected chi connectivity index (χ0v) is 18.1. The molecule has 0 bridgehead atoms. The van der Waals surface area contributed by atoms with Crippen LogP contribution < -0.4 is 22.1 Å². The van der Waals surface area contributed by atoms with E-state index >= 15 is 0 Å². The normalized spacial score (nSPS) is 18.5. The molecule has 0 aromatic rings. The Balaban J connectivity index is 2.96. The van der Waals surface area contributed by atoms with E-state index in [4.69, 9.17) is 16.6 Å². The van der Waals surface area contributed by atoms with Gasteiger partial charge in [0, 0.05) is 13.0 Å². The first-order valence-corrected chi connectivity index (χ1v) is 10.2. The second kappa shape index (κ2) is 12.0. The van der Waals surface area contributed by atoms with Crippen LogP contribution in [0.15, 0.2) is 0 Å². The van der Waals surface area contributed by atoms with E-state index in [1.807, 2.05) is 0 Å². The number of nitrogens with two attached hydrogens (primary N) is 2. The predicted octanol–water partition coefficient (Wildman–Crippen LogP) is -2.24. The fraction of sp³-hybridized carbons (Fsp3) is 0.684. The zero-order valence-electron chi connectivity index (χ0n) is 18.1. The number of aliphatic carboxylic acids is 2. The summed E-state index contributed by atoms with van der Waals surface area (Å²) in [5.74, 6) is -5.84. The monoisotopic (exact) mass is 457 g/mol. The van der Waals surface area contributed by atoms with Gasteiger partial charge in [-0.05, 0) is 25.2 Å². The van der Waals surface area contributed by atoms with Gasteiger partial charge in [-0.3, -0.25) is 24.0 Å². The molecule has 0 spiro atoms. The molecule has 1 saturated heterocycles. The van der Waals surface area contributed by atoms with Crippen LogP contribution in [-0.2, 0) is 28.8 Å². The predicted molar refractivity (Wildman–Crippen MR) is 110 cm³/mol. The Bertz CT molecular complexity index is 756. The molecule has 13 heteroatoms. The van der Waals surface area contributed by atoms with Gasteiger partial charge in [-0.2, -0.15) is 0 Å². The fourth-order valence-corrected chi connectivity index (χ4v) is 3.27. The van der Waals surface area contributed by atoms with Crippen molar-refractivity contribution in [2.45, 2.75) is 70.1 Å². The van der Waals surface area contributed by atoms with Crippen LogP contribution in [0.1, 0.15) is 46.0 Å². The summed E-state index contributed by atoms with van der Waals surface area (Å²) in [4.78, 5) is 72.7. The van der Waals surface area contributed by atoms with Crippen molar-refractivity contribution in [2.24, 2.45) is 17.4 Å². The minimum atomic E-state index is -1.44. The maximum Gasteiger partial charge on any atom is 0.326 e. The largest absolute Gasteiger partial charge is 0.481 e. The molecule has 13 nitrogen and oxygen atoms in total. The lowest BCUT2D eigenvalue weighted by Crippen LogP contribution is -2.58. The third kappa shape index (κ3) is 7.80. The van der Waals surface area contributed by atoms with Gasteiger partial charge in [0.15, 0.2) is 0 Å². The molecule has 4 unspecified atom stereocenters. The van der Waals surface area contributed by atoms with Crippen LogP contribution in [-0.4, -0.2) is 81.4 Å². The summed E-state index contributed by atoms with van der Waals surface area (Å²) in [6.07, 6.45) is -0.639. The van der Waals surface area contributed by atoms with Gasteiger partial charge in [0.1, 0.15) is 18.1 Å². The van der Waals surface area contributed by atoms with Crippen molar-refractivity contribution in [3.05, 3.63) is 0 Å².